The van der Waals surface area contributed by atoms with Gasteiger partial charge in [0.05, 0.1) is 18.5 Å². The molecule has 0 aliphatic carbocycles. The first-order valence-electron chi connectivity index (χ1n) is 7.40. The fourth-order valence-electron chi connectivity index (χ4n) is 2.55. The molecule has 0 saturated carbocycles. The van der Waals surface area contributed by atoms with Gasteiger partial charge in [0.25, 0.3) is 5.91 Å². The fourth-order valence-corrected chi connectivity index (χ4v) is 2.55. The Morgan fingerprint density at radius 3 is 2.82 bits per heavy atom. The van der Waals surface area contributed by atoms with Crippen LogP contribution in [0.1, 0.15) is 19.6 Å². The van der Waals surface area contributed by atoms with E-state index in [1.807, 2.05) is 19.9 Å². The largest absolute Gasteiger partial charge is 0.465 e. The summed E-state index contributed by atoms with van der Waals surface area (Å²) in [6.45, 7) is 7.03. The number of hydrogen-bond acceptors (Lipinski definition) is 5. The van der Waals surface area contributed by atoms with Crippen molar-refractivity contribution in [2.24, 2.45) is 0 Å². The molecule has 1 aromatic rings. The SMILES string of the molecule is C[C@@H]1CN(CCNC(=O)/C(C#N)=C/c2ccco2)C[C@@H](C)O1. The number of carbonyl (C=O) groups excluding carboxylic acids is 1. The predicted molar refractivity (Wildman–Crippen MR) is 81.8 cm³/mol. The minimum Gasteiger partial charge on any atom is -0.465 e. The lowest BCUT2D eigenvalue weighted by Gasteiger charge is -2.35. The van der Waals surface area contributed by atoms with Gasteiger partial charge in [0.1, 0.15) is 17.4 Å². The highest BCUT2D eigenvalue weighted by Crippen LogP contribution is 2.10. The average molecular weight is 303 g/mol. The highest BCUT2D eigenvalue weighted by atomic mass is 16.5. The first-order valence-corrected chi connectivity index (χ1v) is 7.40. The van der Waals surface area contributed by atoms with Crippen LogP contribution in [0.25, 0.3) is 6.08 Å². The molecule has 1 aliphatic heterocycles. The number of amides is 1. The number of carbonyl (C=O) groups is 1. The van der Waals surface area contributed by atoms with Gasteiger partial charge in [0.2, 0.25) is 0 Å². The van der Waals surface area contributed by atoms with Crippen LogP contribution in [0, 0.1) is 11.3 Å². The van der Waals surface area contributed by atoms with Gasteiger partial charge in [-0.05, 0) is 26.0 Å². The van der Waals surface area contributed by atoms with E-state index < -0.39 is 0 Å². The Labute approximate surface area is 130 Å². The fraction of sp³-hybridized carbons (Fsp3) is 0.500. The number of ether oxygens (including phenoxy) is 1. The van der Waals surface area contributed by atoms with Crippen molar-refractivity contribution >= 4 is 12.0 Å². The Hall–Kier alpha value is -2.10. The summed E-state index contributed by atoms with van der Waals surface area (Å²) in [5.74, 6) is 0.107. The molecule has 1 saturated heterocycles. The summed E-state index contributed by atoms with van der Waals surface area (Å²) in [5, 5.41) is 11.8. The van der Waals surface area contributed by atoms with Crippen molar-refractivity contribution in [3.05, 3.63) is 29.7 Å². The molecule has 1 aliphatic rings. The maximum absolute atomic E-state index is 12.0. The third-order valence-electron chi connectivity index (χ3n) is 3.40. The highest BCUT2D eigenvalue weighted by molar-refractivity contribution is 6.01. The Bertz CT molecular complexity index is 550. The molecule has 2 heterocycles. The van der Waals surface area contributed by atoms with Crippen molar-refractivity contribution < 1.29 is 13.9 Å². The zero-order valence-electron chi connectivity index (χ0n) is 12.9. The van der Waals surface area contributed by atoms with Gasteiger partial charge < -0.3 is 14.5 Å². The minimum absolute atomic E-state index is 0.0404. The van der Waals surface area contributed by atoms with Gasteiger partial charge in [-0.25, -0.2) is 0 Å². The van der Waals surface area contributed by atoms with Crippen LogP contribution in [0.4, 0.5) is 0 Å². The molecule has 2 atom stereocenters. The van der Waals surface area contributed by atoms with E-state index in [0.717, 1.165) is 19.6 Å². The Morgan fingerprint density at radius 2 is 2.23 bits per heavy atom. The lowest BCUT2D eigenvalue weighted by molar-refractivity contribution is -0.117. The standard InChI is InChI=1S/C16H21N3O3/c1-12-10-19(11-13(2)22-12)6-5-18-16(20)14(9-17)8-15-4-3-7-21-15/h3-4,7-8,12-13H,5-6,10-11H2,1-2H3,(H,18,20)/b14-8+/t12-,13-/m1/s1. The van der Waals surface area contributed by atoms with Gasteiger partial charge in [-0.15, -0.1) is 0 Å². The molecule has 22 heavy (non-hydrogen) atoms. The zero-order chi connectivity index (χ0) is 15.9. The van der Waals surface area contributed by atoms with E-state index in [0.29, 0.717) is 12.3 Å². The molecule has 1 N–H and O–H groups in total. The maximum atomic E-state index is 12.0. The van der Waals surface area contributed by atoms with E-state index in [1.54, 1.807) is 12.1 Å². The molecule has 6 heteroatoms. The van der Waals surface area contributed by atoms with Crippen molar-refractivity contribution in [1.82, 2.24) is 10.2 Å². The topological polar surface area (TPSA) is 78.5 Å². The quantitative estimate of drug-likeness (QED) is 0.657. The van der Waals surface area contributed by atoms with Crippen molar-refractivity contribution in [2.75, 3.05) is 26.2 Å². The van der Waals surface area contributed by atoms with Crippen molar-refractivity contribution in [2.45, 2.75) is 26.1 Å². The summed E-state index contributed by atoms with van der Waals surface area (Å²) in [6, 6.07) is 5.30. The van der Waals surface area contributed by atoms with Crippen LogP contribution in [0.2, 0.25) is 0 Å². The van der Waals surface area contributed by atoms with Crippen molar-refractivity contribution in [1.29, 1.82) is 5.26 Å². The number of nitrogens with zero attached hydrogens (tertiary/aromatic N) is 2. The van der Waals surface area contributed by atoms with Gasteiger partial charge in [0, 0.05) is 32.3 Å². The molecule has 6 nitrogen and oxygen atoms in total. The van der Waals surface area contributed by atoms with Crippen LogP contribution in [0.3, 0.4) is 0 Å². The van der Waals surface area contributed by atoms with Gasteiger partial charge in [-0.3, -0.25) is 9.69 Å². The van der Waals surface area contributed by atoms with Crippen LogP contribution in [-0.4, -0.2) is 49.2 Å². The van der Waals surface area contributed by atoms with Crippen LogP contribution in [0.5, 0.6) is 0 Å². The smallest absolute Gasteiger partial charge is 0.262 e. The number of nitriles is 1. The maximum Gasteiger partial charge on any atom is 0.262 e. The van der Waals surface area contributed by atoms with E-state index in [2.05, 4.69) is 10.2 Å². The molecule has 0 radical (unpaired) electrons. The summed E-state index contributed by atoms with van der Waals surface area (Å²) in [7, 11) is 0. The van der Waals surface area contributed by atoms with Crippen LogP contribution in [-0.2, 0) is 9.53 Å². The lowest BCUT2D eigenvalue weighted by Crippen LogP contribution is -2.47. The summed E-state index contributed by atoms with van der Waals surface area (Å²) >= 11 is 0. The normalized spacial score (nSPS) is 23.0. The predicted octanol–water partition coefficient (Wildman–Crippen LogP) is 1.41. The van der Waals surface area contributed by atoms with Crippen LogP contribution < -0.4 is 5.32 Å². The Kier molecular flexibility index (Phi) is 5.75. The van der Waals surface area contributed by atoms with E-state index in [1.165, 1.54) is 12.3 Å². The molecule has 1 fully saturated rings. The molecule has 0 spiro atoms. The van der Waals surface area contributed by atoms with Gasteiger partial charge in [-0.1, -0.05) is 0 Å². The van der Waals surface area contributed by atoms with Gasteiger partial charge in [-0.2, -0.15) is 5.26 Å². The summed E-state index contributed by atoms with van der Waals surface area (Å²) < 4.78 is 10.8. The van der Waals surface area contributed by atoms with Crippen LogP contribution in [0.15, 0.2) is 28.4 Å². The van der Waals surface area contributed by atoms with Gasteiger partial charge >= 0.3 is 0 Å². The molecule has 1 aromatic heterocycles. The Balaban J connectivity index is 1.81. The second-order valence-corrected chi connectivity index (χ2v) is 5.46. The summed E-state index contributed by atoms with van der Waals surface area (Å²) in [4.78, 5) is 14.2. The van der Waals surface area contributed by atoms with Gasteiger partial charge in [0.15, 0.2) is 0 Å². The molecule has 0 unspecified atom stereocenters. The molecular weight excluding hydrogens is 282 g/mol. The van der Waals surface area contributed by atoms with E-state index in [4.69, 9.17) is 14.4 Å². The second-order valence-electron chi connectivity index (χ2n) is 5.46. The van der Waals surface area contributed by atoms with Crippen molar-refractivity contribution in [3.8, 4) is 6.07 Å². The van der Waals surface area contributed by atoms with E-state index in [9.17, 15) is 4.79 Å². The van der Waals surface area contributed by atoms with E-state index in [-0.39, 0.29) is 23.7 Å². The minimum atomic E-state index is -0.381. The molecule has 1 amide bonds. The van der Waals surface area contributed by atoms with Crippen molar-refractivity contribution in [3.63, 3.8) is 0 Å². The molecular formula is C16H21N3O3. The molecule has 0 bridgehead atoms. The van der Waals surface area contributed by atoms with E-state index >= 15 is 0 Å². The zero-order valence-corrected chi connectivity index (χ0v) is 12.9. The molecule has 2 rings (SSSR count). The first-order chi connectivity index (χ1) is 10.6. The second kappa shape index (κ2) is 7.78. The number of nitrogens with one attached hydrogen (secondary N) is 1. The summed E-state index contributed by atoms with van der Waals surface area (Å²) in [6.07, 6.45) is 3.34. The molecule has 118 valence electrons. The lowest BCUT2D eigenvalue weighted by atomic mass is 10.2. The number of rotatable bonds is 5. The summed E-state index contributed by atoms with van der Waals surface area (Å²) in [5.41, 5.74) is 0.0404. The third kappa shape index (κ3) is 4.72. The highest BCUT2D eigenvalue weighted by Gasteiger charge is 2.21. The number of hydrogen-bond donors (Lipinski definition) is 1. The molecule has 0 aromatic carbocycles. The average Bonchev–Trinajstić information content (AvgIpc) is 2.96. The number of furan rings is 1. The number of morpholine rings is 1. The van der Waals surface area contributed by atoms with Crippen LogP contribution >= 0.6 is 0 Å². The monoisotopic (exact) mass is 303 g/mol. The first kappa shape index (κ1) is 16.3. The third-order valence-corrected chi connectivity index (χ3v) is 3.40. The Morgan fingerprint density at radius 1 is 1.50 bits per heavy atom.